The summed E-state index contributed by atoms with van der Waals surface area (Å²) in [5.41, 5.74) is 0.642. The predicted octanol–water partition coefficient (Wildman–Crippen LogP) is 1.42. The van der Waals surface area contributed by atoms with Crippen LogP contribution in [0.2, 0.25) is 0 Å². The number of aliphatic hydroxyl groups is 1. The molecule has 0 spiro atoms. The van der Waals surface area contributed by atoms with Crippen molar-refractivity contribution in [3.8, 4) is 17.2 Å². The highest BCUT2D eigenvalue weighted by molar-refractivity contribution is 9.10. The largest absolute Gasteiger partial charge is 0.506 e. The molecule has 76 valence electrons. The maximum atomic E-state index is 9.70. The lowest BCUT2D eigenvalue weighted by atomic mass is 10.1. The van der Waals surface area contributed by atoms with E-state index in [0.717, 1.165) is 0 Å². The minimum absolute atomic E-state index is 0.0142. The molecule has 0 bridgehead atoms. The Kier molecular flexibility index (Phi) is 2.52. The highest BCUT2D eigenvalue weighted by Gasteiger charge is 2.22. The summed E-state index contributed by atoms with van der Waals surface area (Å²) < 4.78 is 10.8. The lowest BCUT2D eigenvalue weighted by molar-refractivity contribution is 0.173. The van der Waals surface area contributed by atoms with Crippen molar-refractivity contribution >= 4 is 15.9 Å². The average Bonchev–Trinajstić information content (AvgIpc) is 2.62. The van der Waals surface area contributed by atoms with Gasteiger partial charge in [0.15, 0.2) is 11.5 Å². The molecule has 0 fully saturated rings. The zero-order valence-electron chi connectivity index (χ0n) is 7.29. The van der Waals surface area contributed by atoms with Gasteiger partial charge in [0.05, 0.1) is 0 Å². The Morgan fingerprint density at radius 3 is 2.93 bits per heavy atom. The average molecular weight is 261 g/mol. The second-order valence-electron chi connectivity index (χ2n) is 2.91. The number of ether oxygens (including phenoxy) is 2. The van der Waals surface area contributed by atoms with E-state index < -0.39 is 0 Å². The van der Waals surface area contributed by atoms with Crippen LogP contribution in [0.3, 0.4) is 0 Å². The summed E-state index contributed by atoms with van der Waals surface area (Å²) in [6, 6.07) is 1.68. The number of phenolic OH excluding ortho intramolecular Hbond substituents is 1. The van der Waals surface area contributed by atoms with Crippen LogP contribution in [0.4, 0.5) is 0 Å². The molecule has 0 amide bonds. The zero-order valence-corrected chi connectivity index (χ0v) is 8.87. The molecular formula is C9H9BrO4. The van der Waals surface area contributed by atoms with Crippen LogP contribution in [0.1, 0.15) is 5.56 Å². The maximum Gasteiger partial charge on any atom is 0.231 e. The minimum atomic E-state index is -0.0142. The fourth-order valence-electron chi connectivity index (χ4n) is 1.35. The molecule has 2 rings (SSSR count). The summed E-state index contributed by atoms with van der Waals surface area (Å²) in [6.07, 6.45) is 0.390. The molecule has 1 aromatic carbocycles. The molecule has 0 radical (unpaired) electrons. The van der Waals surface area contributed by atoms with Crippen LogP contribution >= 0.6 is 15.9 Å². The van der Waals surface area contributed by atoms with Gasteiger partial charge in [0.25, 0.3) is 0 Å². The zero-order chi connectivity index (χ0) is 10.1. The molecule has 1 aliphatic heterocycles. The number of hydrogen-bond donors (Lipinski definition) is 2. The Morgan fingerprint density at radius 1 is 1.43 bits per heavy atom. The lowest BCUT2D eigenvalue weighted by Gasteiger charge is -2.07. The van der Waals surface area contributed by atoms with E-state index in [9.17, 15) is 5.11 Å². The first-order valence-corrected chi connectivity index (χ1v) is 4.94. The van der Waals surface area contributed by atoms with Crippen molar-refractivity contribution in [2.24, 2.45) is 0 Å². The molecule has 0 aliphatic carbocycles. The molecule has 1 aliphatic rings. The van der Waals surface area contributed by atoms with E-state index in [1.54, 1.807) is 6.07 Å². The summed E-state index contributed by atoms with van der Waals surface area (Å²) in [6.45, 7) is 0.148. The first-order chi connectivity index (χ1) is 6.74. The van der Waals surface area contributed by atoms with Crippen molar-refractivity contribution in [1.82, 2.24) is 0 Å². The van der Waals surface area contributed by atoms with Crippen molar-refractivity contribution in [3.05, 3.63) is 16.1 Å². The van der Waals surface area contributed by atoms with Crippen molar-refractivity contribution in [3.63, 3.8) is 0 Å². The molecule has 4 nitrogen and oxygen atoms in total. The van der Waals surface area contributed by atoms with Crippen LogP contribution in [0, 0.1) is 0 Å². The van der Waals surface area contributed by atoms with Gasteiger partial charge < -0.3 is 19.7 Å². The third-order valence-electron chi connectivity index (χ3n) is 2.04. The topological polar surface area (TPSA) is 58.9 Å². The van der Waals surface area contributed by atoms with E-state index in [-0.39, 0.29) is 19.1 Å². The number of halogens is 1. The molecule has 1 heterocycles. The third-order valence-corrected chi connectivity index (χ3v) is 2.78. The predicted molar refractivity (Wildman–Crippen MR) is 52.7 cm³/mol. The fourth-order valence-corrected chi connectivity index (χ4v) is 1.92. The highest BCUT2D eigenvalue weighted by atomic mass is 79.9. The number of rotatable bonds is 2. The van der Waals surface area contributed by atoms with E-state index in [2.05, 4.69) is 15.9 Å². The maximum absolute atomic E-state index is 9.70. The van der Waals surface area contributed by atoms with Crippen LogP contribution in [0.5, 0.6) is 17.2 Å². The van der Waals surface area contributed by atoms with Crippen molar-refractivity contribution in [2.75, 3.05) is 13.4 Å². The van der Waals surface area contributed by atoms with Gasteiger partial charge in [-0.15, -0.1) is 0 Å². The fraction of sp³-hybridized carbons (Fsp3) is 0.333. The molecule has 14 heavy (non-hydrogen) atoms. The molecule has 1 aromatic rings. The molecule has 0 atom stereocenters. The first-order valence-electron chi connectivity index (χ1n) is 4.15. The van der Waals surface area contributed by atoms with Crippen LogP contribution in [0.25, 0.3) is 0 Å². The van der Waals surface area contributed by atoms with Gasteiger partial charge in [-0.05, 0) is 28.4 Å². The Hall–Kier alpha value is -0.940. The SMILES string of the molecule is OCCc1cc2c(c(Br)c1O)OCO2. The first kappa shape index (κ1) is 9.61. The van der Waals surface area contributed by atoms with Gasteiger partial charge in [-0.2, -0.15) is 0 Å². The monoisotopic (exact) mass is 260 g/mol. The van der Waals surface area contributed by atoms with Crippen LogP contribution in [-0.2, 0) is 6.42 Å². The van der Waals surface area contributed by atoms with Gasteiger partial charge in [0.2, 0.25) is 6.79 Å². The number of aliphatic hydroxyl groups excluding tert-OH is 1. The number of hydrogen-bond acceptors (Lipinski definition) is 4. The quantitative estimate of drug-likeness (QED) is 0.845. The van der Waals surface area contributed by atoms with E-state index >= 15 is 0 Å². The van der Waals surface area contributed by atoms with Gasteiger partial charge in [-0.3, -0.25) is 0 Å². The van der Waals surface area contributed by atoms with Crippen molar-refractivity contribution < 1.29 is 19.7 Å². The molecule has 5 heteroatoms. The number of benzene rings is 1. The normalized spacial score (nSPS) is 13.3. The summed E-state index contributed by atoms with van der Waals surface area (Å²) in [5, 5.41) is 18.5. The van der Waals surface area contributed by atoms with E-state index in [0.29, 0.717) is 28.0 Å². The molecular weight excluding hydrogens is 252 g/mol. The van der Waals surface area contributed by atoms with E-state index in [1.807, 2.05) is 0 Å². The summed E-state index contributed by atoms with van der Waals surface area (Å²) >= 11 is 3.22. The van der Waals surface area contributed by atoms with Crippen molar-refractivity contribution in [2.45, 2.75) is 6.42 Å². The Labute approximate surface area is 89.2 Å². The van der Waals surface area contributed by atoms with E-state index in [1.165, 1.54) is 0 Å². The highest BCUT2D eigenvalue weighted by Crippen LogP contribution is 2.46. The standard InChI is InChI=1S/C9H9BrO4/c10-7-8(12)5(1-2-11)3-6-9(7)14-4-13-6/h3,11-12H,1-2,4H2. The van der Waals surface area contributed by atoms with E-state index in [4.69, 9.17) is 14.6 Å². The second-order valence-corrected chi connectivity index (χ2v) is 3.70. The van der Waals surface area contributed by atoms with Crippen LogP contribution < -0.4 is 9.47 Å². The molecule has 0 saturated heterocycles. The Bertz CT molecular complexity index is 364. The summed E-state index contributed by atoms with van der Waals surface area (Å²) in [4.78, 5) is 0. The van der Waals surface area contributed by atoms with Gasteiger partial charge in [-0.1, -0.05) is 0 Å². The Morgan fingerprint density at radius 2 is 2.21 bits per heavy atom. The van der Waals surface area contributed by atoms with Crippen LogP contribution in [0.15, 0.2) is 10.5 Å². The minimum Gasteiger partial charge on any atom is -0.506 e. The molecule has 0 aromatic heterocycles. The van der Waals surface area contributed by atoms with Gasteiger partial charge in [-0.25, -0.2) is 0 Å². The molecule has 0 unspecified atom stereocenters. The van der Waals surface area contributed by atoms with Gasteiger partial charge >= 0.3 is 0 Å². The Balaban J connectivity index is 2.49. The molecule has 2 N–H and O–H groups in total. The summed E-state index contributed by atoms with van der Waals surface area (Å²) in [5.74, 6) is 1.21. The molecule has 0 saturated carbocycles. The number of phenols is 1. The second kappa shape index (κ2) is 3.67. The lowest BCUT2D eigenvalue weighted by Crippen LogP contribution is -1.93. The van der Waals surface area contributed by atoms with Gasteiger partial charge in [0, 0.05) is 12.2 Å². The number of aromatic hydroxyl groups is 1. The smallest absolute Gasteiger partial charge is 0.231 e. The van der Waals surface area contributed by atoms with Gasteiger partial charge in [0.1, 0.15) is 10.2 Å². The summed E-state index contributed by atoms with van der Waals surface area (Å²) in [7, 11) is 0. The third kappa shape index (κ3) is 1.42. The van der Waals surface area contributed by atoms with Crippen molar-refractivity contribution in [1.29, 1.82) is 0 Å². The van der Waals surface area contributed by atoms with Crippen LogP contribution in [-0.4, -0.2) is 23.6 Å². The number of fused-ring (bicyclic) bond motifs is 1.